The van der Waals surface area contributed by atoms with Crippen LogP contribution in [0.15, 0.2) is 41.3 Å². The second-order valence-corrected chi connectivity index (χ2v) is 4.13. The Morgan fingerprint density at radius 2 is 2.00 bits per heavy atom. The maximum atomic E-state index is 4.26. The molecular weight excluding hydrogens is 252 g/mol. The molecule has 0 atom stereocenters. The van der Waals surface area contributed by atoms with E-state index in [4.69, 9.17) is 0 Å². The first-order valence-corrected chi connectivity index (χ1v) is 5.84. The minimum atomic E-state index is 0.913. The standard InChI is InChI=1S/C12H13BrN2/c1-2-15-11(9-14-12(15)13)8-10-6-4-3-5-7-10/h3-7,9H,2,8H2,1H3. The first-order chi connectivity index (χ1) is 7.31. The van der Waals surface area contributed by atoms with Crippen molar-refractivity contribution in [2.45, 2.75) is 19.9 Å². The zero-order chi connectivity index (χ0) is 10.7. The van der Waals surface area contributed by atoms with Crippen molar-refractivity contribution in [2.75, 3.05) is 0 Å². The summed E-state index contributed by atoms with van der Waals surface area (Å²) in [6.45, 7) is 3.07. The zero-order valence-electron chi connectivity index (χ0n) is 8.65. The van der Waals surface area contributed by atoms with Crippen LogP contribution in [0.2, 0.25) is 0 Å². The maximum absolute atomic E-state index is 4.26. The molecule has 0 saturated heterocycles. The van der Waals surface area contributed by atoms with Gasteiger partial charge in [0.25, 0.3) is 0 Å². The van der Waals surface area contributed by atoms with Gasteiger partial charge in [0.15, 0.2) is 4.73 Å². The summed E-state index contributed by atoms with van der Waals surface area (Å²) >= 11 is 3.44. The lowest BCUT2D eigenvalue weighted by Crippen LogP contribution is -2.01. The molecule has 0 aliphatic rings. The van der Waals surface area contributed by atoms with Gasteiger partial charge in [-0.25, -0.2) is 4.98 Å². The van der Waals surface area contributed by atoms with Gasteiger partial charge in [0, 0.05) is 24.9 Å². The molecule has 3 heteroatoms. The molecule has 0 spiro atoms. The minimum Gasteiger partial charge on any atom is -0.323 e. The van der Waals surface area contributed by atoms with Gasteiger partial charge in [0.1, 0.15) is 0 Å². The smallest absolute Gasteiger partial charge is 0.177 e. The van der Waals surface area contributed by atoms with E-state index in [9.17, 15) is 0 Å². The largest absolute Gasteiger partial charge is 0.323 e. The SMILES string of the molecule is CCn1c(Cc2ccccc2)cnc1Br. The van der Waals surface area contributed by atoms with Gasteiger partial charge < -0.3 is 4.57 Å². The molecule has 0 aliphatic heterocycles. The van der Waals surface area contributed by atoms with Gasteiger partial charge >= 0.3 is 0 Å². The number of hydrogen-bond acceptors (Lipinski definition) is 1. The molecule has 0 radical (unpaired) electrons. The highest BCUT2D eigenvalue weighted by Gasteiger charge is 2.05. The first kappa shape index (κ1) is 10.4. The lowest BCUT2D eigenvalue weighted by atomic mass is 10.1. The lowest BCUT2D eigenvalue weighted by molar-refractivity contribution is 0.705. The highest BCUT2D eigenvalue weighted by Crippen LogP contribution is 2.15. The quantitative estimate of drug-likeness (QED) is 0.832. The Balaban J connectivity index is 2.25. The average Bonchev–Trinajstić information content (AvgIpc) is 2.61. The molecule has 0 fully saturated rings. The Hall–Kier alpha value is -1.09. The molecule has 0 amide bonds. The highest BCUT2D eigenvalue weighted by atomic mass is 79.9. The number of benzene rings is 1. The molecule has 0 unspecified atom stereocenters. The fourth-order valence-electron chi connectivity index (χ4n) is 1.67. The number of imidazole rings is 1. The van der Waals surface area contributed by atoms with Crippen LogP contribution in [0.3, 0.4) is 0 Å². The molecule has 0 N–H and O–H groups in total. The molecule has 2 rings (SSSR count). The van der Waals surface area contributed by atoms with Gasteiger partial charge in [-0.3, -0.25) is 0 Å². The Bertz CT molecular complexity index is 434. The molecule has 15 heavy (non-hydrogen) atoms. The fraction of sp³-hybridized carbons (Fsp3) is 0.250. The van der Waals surface area contributed by atoms with E-state index < -0.39 is 0 Å². The van der Waals surface area contributed by atoms with E-state index in [1.54, 1.807) is 0 Å². The summed E-state index contributed by atoms with van der Waals surface area (Å²) in [5, 5.41) is 0. The summed E-state index contributed by atoms with van der Waals surface area (Å²) in [4.78, 5) is 4.26. The summed E-state index contributed by atoms with van der Waals surface area (Å²) in [5.41, 5.74) is 2.56. The third-order valence-electron chi connectivity index (χ3n) is 2.43. The van der Waals surface area contributed by atoms with E-state index in [0.29, 0.717) is 0 Å². The third-order valence-corrected chi connectivity index (χ3v) is 3.07. The van der Waals surface area contributed by atoms with E-state index in [1.807, 2.05) is 12.3 Å². The van der Waals surface area contributed by atoms with Gasteiger partial charge in [-0.15, -0.1) is 0 Å². The van der Waals surface area contributed by atoms with Gasteiger partial charge in [-0.2, -0.15) is 0 Å². The van der Waals surface area contributed by atoms with E-state index in [-0.39, 0.29) is 0 Å². The average molecular weight is 265 g/mol. The van der Waals surface area contributed by atoms with Crippen molar-refractivity contribution in [3.8, 4) is 0 Å². The summed E-state index contributed by atoms with van der Waals surface area (Å²) in [6.07, 6.45) is 2.87. The molecule has 1 aromatic heterocycles. The van der Waals surface area contributed by atoms with Crippen LogP contribution >= 0.6 is 15.9 Å². The molecule has 1 aromatic carbocycles. The summed E-state index contributed by atoms with van der Waals surface area (Å²) in [7, 11) is 0. The molecule has 0 bridgehead atoms. The number of hydrogen-bond donors (Lipinski definition) is 0. The minimum absolute atomic E-state index is 0.913. The van der Waals surface area contributed by atoms with Gasteiger partial charge in [-0.05, 0) is 28.4 Å². The second kappa shape index (κ2) is 4.62. The maximum Gasteiger partial charge on any atom is 0.177 e. The van der Waals surface area contributed by atoms with Crippen LogP contribution in [0, 0.1) is 0 Å². The summed E-state index contributed by atoms with van der Waals surface area (Å²) in [6, 6.07) is 10.5. The fourth-order valence-corrected chi connectivity index (χ4v) is 2.25. The van der Waals surface area contributed by atoms with Crippen LogP contribution in [0.4, 0.5) is 0 Å². The van der Waals surface area contributed by atoms with Gasteiger partial charge in [0.2, 0.25) is 0 Å². The van der Waals surface area contributed by atoms with Crippen molar-refractivity contribution >= 4 is 15.9 Å². The van der Waals surface area contributed by atoms with Gasteiger partial charge in [-0.1, -0.05) is 30.3 Å². The zero-order valence-corrected chi connectivity index (χ0v) is 10.2. The van der Waals surface area contributed by atoms with Crippen LogP contribution in [-0.2, 0) is 13.0 Å². The van der Waals surface area contributed by atoms with Crippen molar-refractivity contribution in [1.82, 2.24) is 9.55 Å². The van der Waals surface area contributed by atoms with E-state index >= 15 is 0 Å². The molecule has 2 aromatic rings. The third kappa shape index (κ3) is 2.29. The summed E-state index contributed by atoms with van der Waals surface area (Å²) < 4.78 is 3.09. The molecular formula is C12H13BrN2. The van der Waals surface area contributed by atoms with Crippen LogP contribution < -0.4 is 0 Å². The lowest BCUT2D eigenvalue weighted by Gasteiger charge is -2.06. The Labute approximate surface area is 98.1 Å². The van der Waals surface area contributed by atoms with Crippen molar-refractivity contribution in [2.24, 2.45) is 0 Å². The molecule has 78 valence electrons. The van der Waals surface area contributed by atoms with Crippen LogP contribution in [-0.4, -0.2) is 9.55 Å². The van der Waals surface area contributed by atoms with Crippen LogP contribution in [0.25, 0.3) is 0 Å². The van der Waals surface area contributed by atoms with Gasteiger partial charge in [0.05, 0.1) is 0 Å². The predicted molar refractivity (Wildman–Crippen MR) is 64.8 cm³/mol. The molecule has 0 aliphatic carbocycles. The highest BCUT2D eigenvalue weighted by molar-refractivity contribution is 9.10. The van der Waals surface area contributed by atoms with E-state index in [0.717, 1.165) is 17.7 Å². The molecule has 1 heterocycles. The van der Waals surface area contributed by atoms with Crippen molar-refractivity contribution in [3.05, 3.63) is 52.5 Å². The molecule has 2 nitrogen and oxygen atoms in total. The van der Waals surface area contributed by atoms with E-state index in [2.05, 4.69) is 56.7 Å². The predicted octanol–water partition coefficient (Wildman–Crippen LogP) is 3.26. The van der Waals surface area contributed by atoms with Crippen molar-refractivity contribution in [3.63, 3.8) is 0 Å². The number of rotatable bonds is 3. The second-order valence-electron chi connectivity index (χ2n) is 3.43. The number of nitrogens with zero attached hydrogens (tertiary/aromatic N) is 2. The summed E-state index contributed by atoms with van der Waals surface area (Å²) in [5.74, 6) is 0. The number of aromatic nitrogens is 2. The monoisotopic (exact) mass is 264 g/mol. The topological polar surface area (TPSA) is 17.8 Å². The van der Waals surface area contributed by atoms with Crippen molar-refractivity contribution < 1.29 is 0 Å². The van der Waals surface area contributed by atoms with E-state index in [1.165, 1.54) is 11.3 Å². The Kier molecular flexibility index (Phi) is 3.21. The van der Waals surface area contributed by atoms with Crippen molar-refractivity contribution in [1.29, 1.82) is 0 Å². The molecule has 0 saturated carbocycles. The van der Waals surface area contributed by atoms with Crippen LogP contribution in [0.1, 0.15) is 18.2 Å². The number of halogens is 1. The first-order valence-electron chi connectivity index (χ1n) is 5.05. The Morgan fingerprint density at radius 3 is 2.67 bits per heavy atom. The normalized spacial score (nSPS) is 10.5. The Morgan fingerprint density at radius 1 is 1.27 bits per heavy atom. The van der Waals surface area contributed by atoms with Crippen LogP contribution in [0.5, 0.6) is 0 Å².